The topological polar surface area (TPSA) is 38.3 Å². The minimum Gasteiger partial charge on any atom is -0.445 e. The van der Waals surface area contributed by atoms with Crippen LogP contribution in [0.2, 0.25) is 0 Å². The van der Waals surface area contributed by atoms with Crippen LogP contribution in [-0.2, 0) is 11.3 Å². The first-order valence-corrected chi connectivity index (χ1v) is 6.92. The molecule has 2 aromatic carbocycles. The molecule has 0 fully saturated rings. The molecular formula is C17H15NO2S. The van der Waals surface area contributed by atoms with Crippen LogP contribution in [0.15, 0.2) is 59.5 Å². The van der Waals surface area contributed by atoms with Gasteiger partial charge in [0.05, 0.1) is 6.54 Å². The minimum atomic E-state index is -0.479. The highest BCUT2D eigenvalue weighted by Gasteiger charge is 2.00. The number of carbonyl (C=O) groups is 1. The van der Waals surface area contributed by atoms with Crippen LogP contribution in [0.5, 0.6) is 0 Å². The largest absolute Gasteiger partial charge is 0.445 e. The first kappa shape index (κ1) is 15.0. The van der Waals surface area contributed by atoms with Gasteiger partial charge in [0.25, 0.3) is 0 Å². The molecule has 21 heavy (non-hydrogen) atoms. The van der Waals surface area contributed by atoms with E-state index >= 15 is 0 Å². The molecule has 0 saturated heterocycles. The van der Waals surface area contributed by atoms with E-state index < -0.39 is 6.09 Å². The van der Waals surface area contributed by atoms with E-state index in [0.29, 0.717) is 0 Å². The summed E-state index contributed by atoms with van der Waals surface area (Å²) < 4.78 is 5.07. The summed E-state index contributed by atoms with van der Waals surface area (Å²) in [6.07, 6.45) is -0.479. The molecule has 1 amide bonds. The first-order valence-electron chi connectivity index (χ1n) is 6.47. The van der Waals surface area contributed by atoms with E-state index in [1.54, 1.807) is 0 Å². The molecule has 0 aliphatic rings. The maximum atomic E-state index is 11.5. The molecule has 0 aliphatic heterocycles. The van der Waals surface area contributed by atoms with E-state index in [-0.39, 0.29) is 13.2 Å². The third-order valence-corrected chi connectivity index (χ3v) is 3.05. The third-order valence-electron chi connectivity index (χ3n) is 2.66. The van der Waals surface area contributed by atoms with E-state index in [0.717, 1.165) is 16.0 Å². The summed E-state index contributed by atoms with van der Waals surface area (Å²) in [7, 11) is 0. The van der Waals surface area contributed by atoms with E-state index in [1.807, 2.05) is 54.6 Å². The molecule has 1 N–H and O–H groups in total. The van der Waals surface area contributed by atoms with Crippen LogP contribution in [-0.4, -0.2) is 12.6 Å². The van der Waals surface area contributed by atoms with Crippen molar-refractivity contribution in [1.82, 2.24) is 5.32 Å². The van der Waals surface area contributed by atoms with Crippen molar-refractivity contribution in [1.29, 1.82) is 0 Å². The number of ether oxygens (including phenoxy) is 1. The molecule has 0 radical (unpaired) electrons. The Balaban J connectivity index is 1.74. The van der Waals surface area contributed by atoms with Crippen LogP contribution in [0.25, 0.3) is 0 Å². The smallest absolute Gasteiger partial charge is 0.408 e. The average molecular weight is 297 g/mol. The lowest BCUT2D eigenvalue weighted by molar-refractivity contribution is 0.141. The van der Waals surface area contributed by atoms with Gasteiger partial charge in [0.2, 0.25) is 0 Å². The fourth-order valence-corrected chi connectivity index (χ4v) is 1.83. The van der Waals surface area contributed by atoms with Gasteiger partial charge in [-0.05, 0) is 17.7 Å². The Kier molecular flexibility index (Phi) is 5.74. The van der Waals surface area contributed by atoms with Crippen molar-refractivity contribution >= 4 is 18.7 Å². The van der Waals surface area contributed by atoms with Crippen LogP contribution >= 0.6 is 12.6 Å². The van der Waals surface area contributed by atoms with Gasteiger partial charge in [-0.15, -0.1) is 12.6 Å². The molecule has 0 atom stereocenters. The second kappa shape index (κ2) is 8.03. The normalized spacial score (nSPS) is 9.38. The Morgan fingerprint density at radius 2 is 1.81 bits per heavy atom. The van der Waals surface area contributed by atoms with Gasteiger partial charge in [-0.25, -0.2) is 4.79 Å². The van der Waals surface area contributed by atoms with Gasteiger partial charge in [-0.1, -0.05) is 54.3 Å². The summed E-state index contributed by atoms with van der Waals surface area (Å²) in [5, 5.41) is 2.58. The molecule has 2 rings (SSSR count). The zero-order valence-corrected chi connectivity index (χ0v) is 12.3. The second-order valence-corrected chi connectivity index (χ2v) is 4.72. The summed E-state index contributed by atoms with van der Waals surface area (Å²) in [5.74, 6) is 5.81. The number of hydrogen-bond donors (Lipinski definition) is 2. The molecule has 106 valence electrons. The summed E-state index contributed by atoms with van der Waals surface area (Å²) in [6.45, 7) is 0.481. The molecule has 0 aliphatic carbocycles. The third kappa shape index (κ3) is 5.25. The molecule has 2 aromatic rings. The number of thiol groups is 1. The minimum absolute atomic E-state index is 0.232. The van der Waals surface area contributed by atoms with E-state index in [4.69, 9.17) is 4.74 Å². The van der Waals surface area contributed by atoms with E-state index in [1.165, 1.54) is 0 Å². The van der Waals surface area contributed by atoms with Gasteiger partial charge in [-0.3, -0.25) is 0 Å². The molecule has 4 heteroatoms. The Morgan fingerprint density at radius 3 is 2.57 bits per heavy atom. The zero-order valence-electron chi connectivity index (χ0n) is 11.4. The predicted molar refractivity (Wildman–Crippen MR) is 85.2 cm³/mol. The molecule has 0 heterocycles. The van der Waals surface area contributed by atoms with Crippen molar-refractivity contribution in [3.05, 3.63) is 65.7 Å². The Morgan fingerprint density at radius 1 is 1.10 bits per heavy atom. The number of carbonyl (C=O) groups excluding carboxylic acids is 1. The predicted octanol–water partition coefficient (Wildman–Crippen LogP) is 3.25. The van der Waals surface area contributed by atoms with Crippen LogP contribution in [0.1, 0.15) is 11.1 Å². The first-order chi connectivity index (χ1) is 10.3. The highest BCUT2D eigenvalue weighted by Crippen LogP contribution is 2.10. The molecular weight excluding hydrogens is 282 g/mol. The molecule has 0 saturated carbocycles. The lowest BCUT2D eigenvalue weighted by Gasteiger charge is -2.04. The Bertz CT molecular complexity index is 659. The summed E-state index contributed by atoms with van der Waals surface area (Å²) in [6, 6.07) is 17.1. The van der Waals surface area contributed by atoms with Crippen molar-refractivity contribution in [2.24, 2.45) is 0 Å². The van der Waals surface area contributed by atoms with Gasteiger partial charge in [-0.2, -0.15) is 0 Å². The quantitative estimate of drug-likeness (QED) is 0.674. The SMILES string of the molecule is O=C(NCC#Cc1ccccc1S)OCc1ccccc1. The van der Waals surface area contributed by atoms with Crippen molar-refractivity contribution in [3.8, 4) is 11.8 Å². The van der Waals surface area contributed by atoms with Crippen molar-refractivity contribution in [3.63, 3.8) is 0 Å². The van der Waals surface area contributed by atoms with Gasteiger partial charge < -0.3 is 10.1 Å². The molecule has 3 nitrogen and oxygen atoms in total. The lowest BCUT2D eigenvalue weighted by atomic mass is 10.2. The summed E-state index contributed by atoms with van der Waals surface area (Å²) in [4.78, 5) is 12.3. The van der Waals surface area contributed by atoms with Crippen molar-refractivity contribution in [2.45, 2.75) is 11.5 Å². The van der Waals surface area contributed by atoms with Gasteiger partial charge in [0.1, 0.15) is 6.61 Å². The zero-order chi connectivity index (χ0) is 14.9. The van der Waals surface area contributed by atoms with Gasteiger partial charge in [0.15, 0.2) is 0 Å². The van der Waals surface area contributed by atoms with Gasteiger partial charge >= 0.3 is 6.09 Å². The van der Waals surface area contributed by atoms with Crippen molar-refractivity contribution < 1.29 is 9.53 Å². The Hall–Kier alpha value is -2.38. The van der Waals surface area contributed by atoms with Crippen LogP contribution < -0.4 is 5.32 Å². The van der Waals surface area contributed by atoms with E-state index in [9.17, 15) is 4.79 Å². The van der Waals surface area contributed by atoms with E-state index in [2.05, 4.69) is 29.8 Å². The van der Waals surface area contributed by atoms with Crippen LogP contribution in [0.3, 0.4) is 0 Å². The average Bonchev–Trinajstić information content (AvgIpc) is 2.52. The number of benzene rings is 2. The number of hydrogen-bond acceptors (Lipinski definition) is 3. The number of nitrogens with one attached hydrogen (secondary N) is 1. The molecule has 0 spiro atoms. The Labute approximate surface area is 129 Å². The fourth-order valence-electron chi connectivity index (χ4n) is 1.61. The molecule has 0 bridgehead atoms. The van der Waals surface area contributed by atoms with Crippen molar-refractivity contribution in [2.75, 3.05) is 6.54 Å². The summed E-state index contributed by atoms with van der Waals surface area (Å²) in [5.41, 5.74) is 1.78. The number of amides is 1. The number of alkyl carbamates (subject to hydrolysis) is 1. The second-order valence-electron chi connectivity index (χ2n) is 4.23. The monoisotopic (exact) mass is 297 g/mol. The molecule has 0 aromatic heterocycles. The number of rotatable bonds is 3. The van der Waals surface area contributed by atoms with Crippen LogP contribution in [0, 0.1) is 11.8 Å². The maximum Gasteiger partial charge on any atom is 0.408 e. The van der Waals surface area contributed by atoms with Crippen LogP contribution in [0.4, 0.5) is 4.79 Å². The highest BCUT2D eigenvalue weighted by molar-refractivity contribution is 7.80. The molecule has 0 unspecified atom stereocenters. The summed E-state index contributed by atoms with van der Waals surface area (Å²) >= 11 is 4.30. The highest BCUT2D eigenvalue weighted by atomic mass is 32.1. The standard InChI is InChI=1S/C17H15NO2S/c19-17(20-13-14-7-2-1-3-8-14)18-12-6-10-15-9-4-5-11-16(15)21/h1-5,7-9,11,21H,12-13H2,(H,18,19). The maximum absolute atomic E-state index is 11.5. The van der Waals surface area contributed by atoms with Gasteiger partial charge in [0, 0.05) is 10.5 Å². The fraction of sp³-hybridized carbons (Fsp3) is 0.118. The lowest BCUT2D eigenvalue weighted by Crippen LogP contribution is -2.24.